The van der Waals surface area contributed by atoms with Gasteiger partial charge < -0.3 is 4.90 Å². The highest BCUT2D eigenvalue weighted by atomic mass is 15.1. The van der Waals surface area contributed by atoms with Crippen molar-refractivity contribution in [3.63, 3.8) is 0 Å². The zero-order chi connectivity index (χ0) is 54.1. The van der Waals surface area contributed by atoms with E-state index < -0.39 is 5.41 Å². The lowest BCUT2D eigenvalue weighted by Crippen LogP contribution is -2.29. The van der Waals surface area contributed by atoms with Gasteiger partial charge in [-0.3, -0.25) is 0 Å². The number of rotatable bonds is 7. The molecule has 14 rings (SSSR count). The third-order valence-corrected chi connectivity index (χ3v) is 19.1. The van der Waals surface area contributed by atoms with Crippen molar-refractivity contribution in [2.24, 2.45) is 0 Å². The first-order chi connectivity index (χ1) is 38.2. The molecule has 0 radical (unpaired) electrons. The van der Waals surface area contributed by atoms with Crippen LogP contribution in [0.2, 0.25) is 0 Å². The van der Waals surface area contributed by atoms with E-state index in [1.165, 1.54) is 149 Å². The lowest BCUT2D eigenvalue weighted by Gasteiger charge is -2.37. The Balaban J connectivity index is 0.969. The molecule has 79 heavy (non-hydrogen) atoms. The van der Waals surface area contributed by atoms with Crippen LogP contribution in [0.4, 0.5) is 17.1 Å². The third-order valence-electron chi connectivity index (χ3n) is 19.1. The number of benzene rings is 10. The molecule has 1 spiro atoms. The topological polar surface area (TPSA) is 3.24 Å². The van der Waals surface area contributed by atoms with Gasteiger partial charge in [0.05, 0.1) is 5.41 Å². The highest BCUT2D eigenvalue weighted by Gasteiger charge is 2.48. The van der Waals surface area contributed by atoms with Gasteiger partial charge in [-0.05, 0) is 171 Å². The number of hydrogen-bond donors (Lipinski definition) is 0. The molecule has 0 amide bonds. The predicted octanol–water partition coefficient (Wildman–Crippen LogP) is 21.0. The average molecular weight is 1020 g/mol. The minimum absolute atomic E-state index is 0.0140. The number of hydrogen-bond acceptors (Lipinski definition) is 1. The summed E-state index contributed by atoms with van der Waals surface area (Å²) in [5.74, 6) is 0. The zero-order valence-corrected chi connectivity index (χ0v) is 47.3. The Morgan fingerprint density at radius 1 is 0.329 bits per heavy atom. The minimum atomic E-state index is -0.576. The van der Waals surface area contributed by atoms with Gasteiger partial charge in [0.15, 0.2) is 0 Å². The second-order valence-corrected chi connectivity index (χ2v) is 25.9. The minimum Gasteiger partial charge on any atom is -0.310 e. The lowest BCUT2D eigenvalue weighted by molar-refractivity contribution is 0.353. The van der Waals surface area contributed by atoms with Crippen LogP contribution in [0.5, 0.6) is 0 Å². The Morgan fingerprint density at radius 2 is 0.747 bits per heavy atom. The van der Waals surface area contributed by atoms with E-state index in [-0.39, 0.29) is 21.7 Å². The molecule has 4 aliphatic carbocycles. The highest BCUT2D eigenvalue weighted by molar-refractivity contribution is 5.95. The van der Waals surface area contributed by atoms with Crippen LogP contribution < -0.4 is 4.90 Å². The van der Waals surface area contributed by atoms with E-state index >= 15 is 0 Å². The lowest BCUT2D eigenvalue weighted by atomic mass is 9.67. The van der Waals surface area contributed by atoms with E-state index in [1.807, 2.05) is 0 Å². The van der Waals surface area contributed by atoms with Crippen LogP contribution in [0.25, 0.3) is 55.6 Å². The van der Waals surface area contributed by atoms with Crippen molar-refractivity contribution >= 4 is 17.1 Å². The van der Waals surface area contributed by atoms with Crippen molar-refractivity contribution in [3.8, 4) is 55.6 Å². The Labute approximate surface area is 469 Å². The summed E-state index contributed by atoms with van der Waals surface area (Å²) in [6.45, 7) is 18.7. The standard InChI is InChI=1S/C78H71N/c1-74(2,3)52-33-37-54(38-34-52)78(55-39-35-53(36-40-55)75(4,5)6)70-30-17-14-24-62(70)65-46-44-58(50-72(65)78)79(57-43-45-64-61-23-13-16-29-69(61)77(71(64)49-57)47-18-9-19-48-77)56-41-31-51(32-42-56)59-21-10-11-22-60(59)66-26-20-27-67-63-25-12-15-28-68(63)76(7,8)73(66)67/h10-17,20-46,49-50H,9,18-19,47-48H2,1-8H3. The molecule has 0 aliphatic heterocycles. The summed E-state index contributed by atoms with van der Waals surface area (Å²) < 4.78 is 0. The van der Waals surface area contributed by atoms with Gasteiger partial charge in [-0.15, -0.1) is 0 Å². The Bertz CT molecular complexity index is 3960. The van der Waals surface area contributed by atoms with E-state index in [1.54, 1.807) is 0 Å². The van der Waals surface area contributed by atoms with Crippen LogP contribution in [-0.2, 0) is 27.1 Å². The fourth-order valence-corrected chi connectivity index (χ4v) is 15.2. The quantitative estimate of drug-likeness (QED) is 0.154. The van der Waals surface area contributed by atoms with Gasteiger partial charge in [0.25, 0.3) is 0 Å². The molecule has 388 valence electrons. The molecule has 1 nitrogen and oxygen atoms in total. The van der Waals surface area contributed by atoms with E-state index in [4.69, 9.17) is 0 Å². The molecule has 0 aromatic heterocycles. The van der Waals surface area contributed by atoms with Gasteiger partial charge >= 0.3 is 0 Å². The number of fused-ring (bicyclic) bond motifs is 11. The van der Waals surface area contributed by atoms with Crippen molar-refractivity contribution < 1.29 is 0 Å². The zero-order valence-electron chi connectivity index (χ0n) is 47.3. The largest absolute Gasteiger partial charge is 0.310 e. The summed E-state index contributed by atoms with van der Waals surface area (Å²) in [4.78, 5) is 2.57. The monoisotopic (exact) mass is 1020 g/mol. The molecule has 0 atom stereocenters. The first-order valence-corrected chi connectivity index (χ1v) is 29.1. The Hall–Kier alpha value is -8.00. The molecule has 10 aromatic carbocycles. The van der Waals surface area contributed by atoms with Crippen molar-refractivity contribution in [2.75, 3.05) is 4.90 Å². The normalized spacial score (nSPS) is 15.9. The Kier molecular flexibility index (Phi) is 11.2. The van der Waals surface area contributed by atoms with Crippen LogP contribution in [0.3, 0.4) is 0 Å². The van der Waals surface area contributed by atoms with Crippen LogP contribution >= 0.6 is 0 Å². The van der Waals surface area contributed by atoms with Crippen molar-refractivity contribution in [1.82, 2.24) is 0 Å². The maximum atomic E-state index is 2.59. The first-order valence-electron chi connectivity index (χ1n) is 29.1. The molecule has 1 heteroatoms. The predicted molar refractivity (Wildman–Crippen MR) is 334 cm³/mol. The van der Waals surface area contributed by atoms with Gasteiger partial charge in [-0.2, -0.15) is 0 Å². The summed E-state index contributed by atoms with van der Waals surface area (Å²) in [5, 5.41) is 0. The van der Waals surface area contributed by atoms with Crippen molar-refractivity contribution in [1.29, 1.82) is 0 Å². The molecule has 4 aliphatic rings. The first kappa shape index (κ1) is 49.3. The molecule has 1 saturated carbocycles. The molecule has 0 unspecified atom stereocenters. The van der Waals surface area contributed by atoms with Gasteiger partial charge in [0, 0.05) is 27.9 Å². The van der Waals surface area contributed by atoms with E-state index in [0.29, 0.717) is 0 Å². The van der Waals surface area contributed by atoms with E-state index in [9.17, 15) is 0 Å². The third kappa shape index (κ3) is 7.48. The van der Waals surface area contributed by atoms with Gasteiger partial charge in [-0.25, -0.2) is 0 Å². The second kappa shape index (κ2) is 18.0. The fraction of sp³-hybridized carbons (Fsp3) is 0.231. The van der Waals surface area contributed by atoms with Crippen LogP contribution in [0.15, 0.2) is 224 Å². The van der Waals surface area contributed by atoms with Crippen LogP contribution in [0.1, 0.15) is 143 Å². The summed E-state index contributed by atoms with van der Waals surface area (Å²) in [7, 11) is 0. The molecular weight excluding hydrogens is 951 g/mol. The van der Waals surface area contributed by atoms with Crippen LogP contribution in [0, 0.1) is 0 Å². The number of anilines is 3. The maximum Gasteiger partial charge on any atom is 0.0714 e. The summed E-state index contributed by atoms with van der Waals surface area (Å²) in [5.41, 5.74) is 29.6. The summed E-state index contributed by atoms with van der Waals surface area (Å²) in [6, 6.07) is 87.0. The SMILES string of the molecule is CC(C)(C)c1ccc(C2(c3ccc(C(C)(C)C)cc3)c3ccccc3-c3ccc(N(c4ccc(-c5ccccc5-c5cccc6c5C(C)(C)c5ccccc5-6)cc4)c4ccc5c(c4)C4(CCCCC4)c4ccccc4-5)cc32)cc1. The average Bonchev–Trinajstić information content (AvgIpc) is 2.90. The van der Waals surface area contributed by atoms with E-state index in [0.717, 1.165) is 11.4 Å². The summed E-state index contributed by atoms with van der Waals surface area (Å²) in [6.07, 6.45) is 6.17. The van der Waals surface area contributed by atoms with Gasteiger partial charge in [0.2, 0.25) is 0 Å². The Morgan fingerprint density at radius 3 is 1.32 bits per heavy atom. The van der Waals surface area contributed by atoms with Gasteiger partial charge in [0.1, 0.15) is 0 Å². The van der Waals surface area contributed by atoms with E-state index in [2.05, 4.69) is 285 Å². The van der Waals surface area contributed by atoms with Crippen molar-refractivity contribution in [3.05, 3.63) is 280 Å². The molecule has 0 bridgehead atoms. The fourth-order valence-electron chi connectivity index (χ4n) is 15.2. The molecule has 0 heterocycles. The molecular formula is C78H71N. The second-order valence-electron chi connectivity index (χ2n) is 25.9. The van der Waals surface area contributed by atoms with Gasteiger partial charge in [-0.1, -0.05) is 263 Å². The van der Waals surface area contributed by atoms with Crippen LogP contribution in [-0.4, -0.2) is 0 Å². The highest BCUT2D eigenvalue weighted by Crippen LogP contribution is 2.60. The maximum absolute atomic E-state index is 2.59. The molecule has 0 N–H and O–H groups in total. The molecule has 10 aromatic rings. The smallest absolute Gasteiger partial charge is 0.0714 e. The molecule has 0 saturated heterocycles. The summed E-state index contributed by atoms with van der Waals surface area (Å²) >= 11 is 0. The number of nitrogens with zero attached hydrogens (tertiary/aromatic N) is 1. The van der Waals surface area contributed by atoms with Crippen molar-refractivity contribution in [2.45, 2.75) is 115 Å². The molecule has 1 fully saturated rings.